The van der Waals surface area contributed by atoms with Crippen LogP contribution in [-0.4, -0.2) is 28.9 Å². The predicted molar refractivity (Wildman–Crippen MR) is 79.5 cm³/mol. The minimum atomic E-state index is -0.831. The Bertz CT molecular complexity index is 437. The van der Waals surface area contributed by atoms with Crippen LogP contribution < -0.4 is 5.32 Å². The molecule has 0 unspecified atom stereocenters. The van der Waals surface area contributed by atoms with Crippen LogP contribution in [0.25, 0.3) is 0 Å². The molecule has 4 heteroatoms. The van der Waals surface area contributed by atoms with Gasteiger partial charge in [0.2, 0.25) is 0 Å². The highest BCUT2D eigenvalue weighted by molar-refractivity contribution is 5.68. The van der Waals surface area contributed by atoms with Crippen molar-refractivity contribution in [3.05, 3.63) is 48.6 Å². The number of carbonyl (C=O) groups excluding carboxylic acids is 1. The van der Waals surface area contributed by atoms with Gasteiger partial charge in [-0.15, -0.1) is 6.58 Å². The van der Waals surface area contributed by atoms with Crippen molar-refractivity contribution in [2.45, 2.75) is 44.9 Å². The van der Waals surface area contributed by atoms with E-state index >= 15 is 0 Å². The molecular formula is C16H23NO3. The van der Waals surface area contributed by atoms with E-state index in [1.807, 2.05) is 30.3 Å². The number of benzene rings is 1. The molecule has 0 saturated carbocycles. The first-order chi connectivity index (χ1) is 9.31. The van der Waals surface area contributed by atoms with Crippen LogP contribution in [0.5, 0.6) is 0 Å². The Balaban J connectivity index is 2.70. The van der Waals surface area contributed by atoms with Gasteiger partial charge in [-0.1, -0.05) is 36.4 Å². The van der Waals surface area contributed by atoms with E-state index in [0.717, 1.165) is 5.56 Å². The number of ether oxygens (including phenoxy) is 1. The van der Waals surface area contributed by atoms with Gasteiger partial charge in [-0.3, -0.25) is 0 Å². The van der Waals surface area contributed by atoms with Crippen LogP contribution in [0.3, 0.4) is 0 Å². The molecule has 0 fully saturated rings. The Labute approximate surface area is 120 Å². The number of alkyl carbamates (subject to hydrolysis) is 1. The van der Waals surface area contributed by atoms with Gasteiger partial charge in [0, 0.05) is 0 Å². The molecule has 1 amide bonds. The SMILES string of the molecule is C=C[C@H](O)[C@H](Cc1ccccc1)NC(=O)OC(C)(C)C. The summed E-state index contributed by atoms with van der Waals surface area (Å²) in [5.41, 5.74) is 0.454. The topological polar surface area (TPSA) is 58.6 Å². The van der Waals surface area contributed by atoms with Crippen molar-refractivity contribution in [3.8, 4) is 0 Å². The molecule has 0 aromatic heterocycles. The van der Waals surface area contributed by atoms with E-state index in [1.165, 1.54) is 6.08 Å². The highest BCUT2D eigenvalue weighted by Gasteiger charge is 2.23. The summed E-state index contributed by atoms with van der Waals surface area (Å²) in [6, 6.07) is 9.17. The summed E-state index contributed by atoms with van der Waals surface area (Å²) in [7, 11) is 0. The van der Waals surface area contributed by atoms with Crippen LogP contribution in [0, 0.1) is 0 Å². The molecule has 2 atom stereocenters. The van der Waals surface area contributed by atoms with Crippen molar-refractivity contribution < 1.29 is 14.6 Å². The maximum absolute atomic E-state index is 11.8. The molecule has 2 N–H and O–H groups in total. The van der Waals surface area contributed by atoms with E-state index in [4.69, 9.17) is 4.74 Å². The van der Waals surface area contributed by atoms with E-state index in [0.29, 0.717) is 6.42 Å². The largest absolute Gasteiger partial charge is 0.444 e. The molecule has 0 aliphatic rings. The van der Waals surface area contributed by atoms with Crippen molar-refractivity contribution in [2.24, 2.45) is 0 Å². The summed E-state index contributed by atoms with van der Waals surface area (Å²) in [4.78, 5) is 11.8. The standard InChI is InChI=1S/C16H23NO3/c1-5-14(18)13(11-12-9-7-6-8-10-12)17-15(19)20-16(2,3)4/h5-10,13-14,18H,1,11H2,2-4H3,(H,17,19)/t13-,14-/m0/s1. The van der Waals surface area contributed by atoms with Gasteiger partial charge in [0.25, 0.3) is 0 Å². The third-order valence-corrected chi connectivity index (χ3v) is 2.65. The van der Waals surface area contributed by atoms with E-state index in [1.54, 1.807) is 20.8 Å². The van der Waals surface area contributed by atoms with Crippen LogP contribution in [0.2, 0.25) is 0 Å². The Morgan fingerprint density at radius 3 is 2.50 bits per heavy atom. The van der Waals surface area contributed by atoms with Crippen LogP contribution in [0.4, 0.5) is 4.79 Å². The quantitative estimate of drug-likeness (QED) is 0.813. The first-order valence-corrected chi connectivity index (χ1v) is 6.66. The number of hydrogen-bond donors (Lipinski definition) is 2. The lowest BCUT2D eigenvalue weighted by molar-refractivity contribution is 0.0455. The molecule has 0 aliphatic heterocycles. The van der Waals surface area contributed by atoms with Crippen LogP contribution in [-0.2, 0) is 11.2 Å². The molecule has 1 aromatic carbocycles. The van der Waals surface area contributed by atoms with Crippen molar-refractivity contribution in [2.75, 3.05) is 0 Å². The molecule has 0 heterocycles. The minimum Gasteiger partial charge on any atom is -0.444 e. The lowest BCUT2D eigenvalue weighted by Gasteiger charge is -2.25. The van der Waals surface area contributed by atoms with Crippen molar-refractivity contribution in [1.82, 2.24) is 5.32 Å². The average molecular weight is 277 g/mol. The van der Waals surface area contributed by atoms with Gasteiger partial charge in [-0.2, -0.15) is 0 Å². The first kappa shape index (κ1) is 16.2. The molecule has 1 rings (SSSR count). The highest BCUT2D eigenvalue weighted by atomic mass is 16.6. The summed E-state index contributed by atoms with van der Waals surface area (Å²) in [6.07, 6.45) is 0.542. The van der Waals surface area contributed by atoms with Gasteiger partial charge in [-0.25, -0.2) is 4.79 Å². The molecule has 1 aromatic rings. The number of nitrogens with one attached hydrogen (secondary N) is 1. The second kappa shape index (κ2) is 7.10. The Hall–Kier alpha value is -1.81. The van der Waals surface area contributed by atoms with Crippen molar-refractivity contribution >= 4 is 6.09 Å². The van der Waals surface area contributed by atoms with Crippen LogP contribution in [0.1, 0.15) is 26.3 Å². The minimum absolute atomic E-state index is 0.468. The van der Waals surface area contributed by atoms with Gasteiger partial charge < -0.3 is 15.2 Å². The lowest BCUT2D eigenvalue weighted by atomic mass is 10.0. The Morgan fingerprint density at radius 1 is 1.40 bits per heavy atom. The summed E-state index contributed by atoms with van der Waals surface area (Å²) in [6.45, 7) is 8.95. The summed E-state index contributed by atoms with van der Waals surface area (Å²) in [5.74, 6) is 0. The third-order valence-electron chi connectivity index (χ3n) is 2.65. The van der Waals surface area contributed by atoms with Gasteiger partial charge in [0.15, 0.2) is 0 Å². The van der Waals surface area contributed by atoms with Crippen LogP contribution in [0.15, 0.2) is 43.0 Å². The van der Waals surface area contributed by atoms with Gasteiger partial charge >= 0.3 is 6.09 Å². The molecule has 0 saturated heterocycles. The summed E-state index contributed by atoms with van der Waals surface area (Å²) >= 11 is 0. The fourth-order valence-electron chi connectivity index (χ4n) is 1.75. The zero-order valence-corrected chi connectivity index (χ0v) is 12.3. The Kier molecular flexibility index (Phi) is 5.77. The molecule has 110 valence electrons. The van der Waals surface area contributed by atoms with Gasteiger partial charge in [0.05, 0.1) is 12.1 Å². The van der Waals surface area contributed by atoms with E-state index < -0.39 is 23.8 Å². The number of aliphatic hydroxyl groups excluding tert-OH is 1. The molecular weight excluding hydrogens is 254 g/mol. The maximum atomic E-state index is 11.8. The molecule has 4 nitrogen and oxygen atoms in total. The average Bonchev–Trinajstić information content (AvgIpc) is 2.36. The smallest absolute Gasteiger partial charge is 0.407 e. The van der Waals surface area contributed by atoms with Crippen LogP contribution >= 0.6 is 0 Å². The van der Waals surface area contributed by atoms with Crippen molar-refractivity contribution in [3.63, 3.8) is 0 Å². The zero-order valence-electron chi connectivity index (χ0n) is 12.3. The van der Waals surface area contributed by atoms with E-state index in [2.05, 4.69) is 11.9 Å². The predicted octanol–water partition coefficient (Wildman–Crippen LogP) is 2.67. The number of amides is 1. The maximum Gasteiger partial charge on any atom is 0.407 e. The highest BCUT2D eigenvalue weighted by Crippen LogP contribution is 2.10. The van der Waals surface area contributed by atoms with Gasteiger partial charge in [-0.05, 0) is 32.8 Å². The monoisotopic (exact) mass is 277 g/mol. The molecule has 0 bridgehead atoms. The fraction of sp³-hybridized carbons (Fsp3) is 0.438. The number of rotatable bonds is 5. The van der Waals surface area contributed by atoms with Gasteiger partial charge in [0.1, 0.15) is 5.60 Å². The van der Waals surface area contributed by atoms with Crippen molar-refractivity contribution in [1.29, 1.82) is 0 Å². The van der Waals surface area contributed by atoms with E-state index in [9.17, 15) is 9.90 Å². The summed E-state index contributed by atoms with van der Waals surface area (Å²) < 4.78 is 5.21. The van der Waals surface area contributed by atoms with E-state index in [-0.39, 0.29) is 0 Å². The fourth-order valence-corrected chi connectivity index (χ4v) is 1.75. The zero-order chi connectivity index (χ0) is 15.2. The molecule has 0 radical (unpaired) electrons. The number of hydrogen-bond acceptors (Lipinski definition) is 3. The molecule has 0 aliphatic carbocycles. The second-order valence-corrected chi connectivity index (χ2v) is 5.67. The lowest BCUT2D eigenvalue weighted by Crippen LogP contribution is -2.46. The first-order valence-electron chi connectivity index (χ1n) is 6.66. The third kappa shape index (κ3) is 5.89. The number of aliphatic hydroxyl groups is 1. The Morgan fingerprint density at radius 2 is 2.00 bits per heavy atom. The molecule has 20 heavy (non-hydrogen) atoms. The normalized spacial score (nSPS) is 14.2. The molecule has 0 spiro atoms. The summed E-state index contributed by atoms with van der Waals surface area (Å²) in [5, 5.41) is 12.6. The number of carbonyl (C=O) groups is 1. The second-order valence-electron chi connectivity index (χ2n) is 5.67.